The van der Waals surface area contributed by atoms with Crippen molar-refractivity contribution in [3.05, 3.63) is 107 Å². The average Bonchev–Trinajstić information content (AvgIpc) is 3.56. The Bertz CT molecular complexity index is 1510. The standard InChI is InChI=1S/C28H24N4S/c1-5-7-21(27-12-11-26(33-27)17(2)3)22-15-25(30-18(22)4)28-23-14-19(9-10-24(23)31-32-28)20-8-6-13-29-16-20/h5-16,30H,1-2H2,3-4H3,(H,31,32)/b21-7+. The van der Waals surface area contributed by atoms with Gasteiger partial charge in [0.05, 0.1) is 11.2 Å². The van der Waals surface area contributed by atoms with Gasteiger partial charge >= 0.3 is 0 Å². The van der Waals surface area contributed by atoms with Crippen molar-refractivity contribution >= 4 is 33.4 Å². The van der Waals surface area contributed by atoms with E-state index in [2.05, 4.69) is 88.8 Å². The van der Waals surface area contributed by atoms with Gasteiger partial charge in [-0.1, -0.05) is 37.4 Å². The summed E-state index contributed by atoms with van der Waals surface area (Å²) in [6.45, 7) is 12.1. The van der Waals surface area contributed by atoms with Crippen LogP contribution in [0.25, 0.3) is 44.6 Å². The Hall–Kier alpha value is -3.96. The lowest BCUT2D eigenvalue weighted by Crippen LogP contribution is -1.85. The molecule has 0 bridgehead atoms. The topological polar surface area (TPSA) is 57.4 Å². The summed E-state index contributed by atoms with van der Waals surface area (Å²) in [4.78, 5) is 10.2. The maximum absolute atomic E-state index is 4.64. The van der Waals surface area contributed by atoms with Crippen LogP contribution >= 0.6 is 11.3 Å². The number of rotatable bonds is 6. The van der Waals surface area contributed by atoms with Gasteiger partial charge in [-0.2, -0.15) is 5.10 Å². The second kappa shape index (κ2) is 8.52. The summed E-state index contributed by atoms with van der Waals surface area (Å²) < 4.78 is 0. The number of allylic oxidation sites excluding steroid dienone is 3. The molecule has 2 N–H and O–H groups in total. The Labute approximate surface area is 197 Å². The van der Waals surface area contributed by atoms with Crippen molar-refractivity contribution in [2.75, 3.05) is 0 Å². The summed E-state index contributed by atoms with van der Waals surface area (Å²) in [5.41, 5.74) is 9.50. The molecule has 0 spiro atoms. The van der Waals surface area contributed by atoms with Crippen molar-refractivity contribution in [3.8, 4) is 22.5 Å². The zero-order chi connectivity index (χ0) is 22.9. The number of thiophene rings is 1. The van der Waals surface area contributed by atoms with Gasteiger partial charge in [0.15, 0.2) is 0 Å². The Balaban J connectivity index is 1.59. The smallest absolute Gasteiger partial charge is 0.116 e. The van der Waals surface area contributed by atoms with Gasteiger partial charge in [-0.15, -0.1) is 11.3 Å². The molecule has 4 aromatic heterocycles. The van der Waals surface area contributed by atoms with Gasteiger partial charge in [-0.3, -0.25) is 10.1 Å². The molecule has 5 heteroatoms. The highest BCUT2D eigenvalue weighted by Gasteiger charge is 2.17. The average molecular weight is 449 g/mol. The predicted molar refractivity (Wildman–Crippen MR) is 140 cm³/mol. The number of hydrogen-bond acceptors (Lipinski definition) is 3. The van der Waals surface area contributed by atoms with Crippen molar-refractivity contribution in [1.29, 1.82) is 0 Å². The first-order chi connectivity index (χ1) is 16.0. The molecule has 0 aliphatic rings. The Morgan fingerprint density at radius 3 is 2.64 bits per heavy atom. The van der Waals surface area contributed by atoms with Crippen LogP contribution in [0.4, 0.5) is 0 Å². The lowest BCUT2D eigenvalue weighted by molar-refractivity contribution is 1.11. The van der Waals surface area contributed by atoms with Gasteiger partial charge in [0.1, 0.15) is 5.69 Å². The van der Waals surface area contributed by atoms with Crippen molar-refractivity contribution in [1.82, 2.24) is 20.2 Å². The second-order valence-corrected chi connectivity index (χ2v) is 9.14. The van der Waals surface area contributed by atoms with Crippen LogP contribution in [0.15, 0.2) is 86.2 Å². The lowest BCUT2D eigenvalue weighted by atomic mass is 10.0. The van der Waals surface area contributed by atoms with E-state index in [0.29, 0.717) is 0 Å². The van der Waals surface area contributed by atoms with Gasteiger partial charge in [-0.05, 0) is 61.4 Å². The molecule has 0 fully saturated rings. The number of H-pyrrole nitrogens is 2. The minimum Gasteiger partial charge on any atom is -0.357 e. The fourth-order valence-corrected chi connectivity index (χ4v) is 5.00. The van der Waals surface area contributed by atoms with Crippen molar-refractivity contribution in [2.24, 2.45) is 0 Å². The molecule has 1 aromatic carbocycles. The number of nitrogens with one attached hydrogen (secondary N) is 2. The van der Waals surface area contributed by atoms with E-state index in [1.165, 1.54) is 9.75 Å². The van der Waals surface area contributed by atoms with Gasteiger partial charge in [0, 0.05) is 49.9 Å². The van der Waals surface area contributed by atoms with E-state index < -0.39 is 0 Å². The Morgan fingerprint density at radius 1 is 1.06 bits per heavy atom. The third kappa shape index (κ3) is 3.88. The van der Waals surface area contributed by atoms with Gasteiger partial charge < -0.3 is 4.98 Å². The van der Waals surface area contributed by atoms with E-state index in [1.54, 1.807) is 17.5 Å². The molecule has 0 amide bonds. The van der Waals surface area contributed by atoms with E-state index in [-0.39, 0.29) is 0 Å². The van der Waals surface area contributed by atoms with Crippen LogP contribution in [0.1, 0.15) is 27.9 Å². The highest BCUT2D eigenvalue weighted by molar-refractivity contribution is 7.14. The summed E-state index contributed by atoms with van der Waals surface area (Å²) in [6.07, 6.45) is 7.57. The van der Waals surface area contributed by atoms with Crippen LogP contribution in [-0.4, -0.2) is 20.2 Å². The first-order valence-electron chi connectivity index (χ1n) is 10.7. The molecular weight excluding hydrogens is 424 g/mol. The SMILES string of the molecule is C=C/C=C(/c1ccc(C(=C)C)s1)c1cc(-c2n[nH]c3ccc(-c4cccnc4)cc23)[nH]c1C. The summed E-state index contributed by atoms with van der Waals surface area (Å²) in [6, 6.07) is 16.8. The molecule has 5 aromatic rings. The van der Waals surface area contributed by atoms with Crippen molar-refractivity contribution in [3.63, 3.8) is 0 Å². The zero-order valence-corrected chi connectivity index (χ0v) is 19.5. The summed E-state index contributed by atoms with van der Waals surface area (Å²) in [5, 5.41) is 8.88. The van der Waals surface area contributed by atoms with Gasteiger partial charge in [0.2, 0.25) is 0 Å². The van der Waals surface area contributed by atoms with E-state index in [4.69, 9.17) is 0 Å². The minimum atomic E-state index is 0.900. The molecule has 4 nitrogen and oxygen atoms in total. The van der Waals surface area contributed by atoms with Crippen LogP contribution in [0, 0.1) is 6.92 Å². The molecule has 0 aliphatic heterocycles. The van der Waals surface area contributed by atoms with Crippen LogP contribution in [-0.2, 0) is 0 Å². The number of benzene rings is 1. The molecular formula is C28H24N4S. The molecule has 33 heavy (non-hydrogen) atoms. The van der Waals surface area contributed by atoms with Crippen LogP contribution in [0.3, 0.4) is 0 Å². The van der Waals surface area contributed by atoms with Crippen LogP contribution < -0.4 is 0 Å². The third-order valence-electron chi connectivity index (χ3n) is 5.69. The molecule has 0 unspecified atom stereocenters. The molecule has 0 saturated carbocycles. The third-order valence-corrected chi connectivity index (χ3v) is 6.97. The summed E-state index contributed by atoms with van der Waals surface area (Å²) >= 11 is 1.74. The quantitative estimate of drug-likeness (QED) is 0.262. The normalized spacial score (nSPS) is 11.8. The second-order valence-electron chi connectivity index (χ2n) is 8.06. The van der Waals surface area contributed by atoms with E-state index in [0.717, 1.165) is 55.8 Å². The summed E-state index contributed by atoms with van der Waals surface area (Å²) in [7, 11) is 0. The largest absolute Gasteiger partial charge is 0.357 e. The molecule has 0 atom stereocenters. The summed E-state index contributed by atoms with van der Waals surface area (Å²) in [5.74, 6) is 0. The maximum Gasteiger partial charge on any atom is 0.116 e. The predicted octanol–water partition coefficient (Wildman–Crippen LogP) is 7.64. The number of pyridine rings is 1. The molecule has 162 valence electrons. The highest BCUT2D eigenvalue weighted by atomic mass is 32.1. The monoisotopic (exact) mass is 448 g/mol. The fraction of sp³-hybridized carbons (Fsp3) is 0.0714. The number of aryl methyl sites for hydroxylation is 1. The van der Waals surface area contributed by atoms with E-state index in [1.807, 2.05) is 25.3 Å². The van der Waals surface area contributed by atoms with E-state index >= 15 is 0 Å². The molecule has 5 rings (SSSR count). The number of nitrogens with zero attached hydrogens (tertiary/aromatic N) is 2. The maximum atomic E-state index is 4.64. The minimum absolute atomic E-state index is 0.900. The van der Waals surface area contributed by atoms with Crippen molar-refractivity contribution in [2.45, 2.75) is 13.8 Å². The van der Waals surface area contributed by atoms with Crippen LogP contribution in [0.2, 0.25) is 0 Å². The van der Waals surface area contributed by atoms with Crippen molar-refractivity contribution < 1.29 is 0 Å². The molecule has 0 radical (unpaired) electrons. The zero-order valence-electron chi connectivity index (χ0n) is 18.6. The van der Waals surface area contributed by atoms with E-state index in [9.17, 15) is 0 Å². The van der Waals surface area contributed by atoms with Gasteiger partial charge in [-0.25, -0.2) is 0 Å². The molecule has 0 aliphatic carbocycles. The highest BCUT2D eigenvalue weighted by Crippen LogP contribution is 2.37. The fourth-order valence-electron chi connectivity index (χ4n) is 4.03. The number of fused-ring (bicyclic) bond motifs is 1. The Morgan fingerprint density at radius 2 is 1.91 bits per heavy atom. The first kappa shape index (κ1) is 20.9. The van der Waals surface area contributed by atoms with Crippen LogP contribution in [0.5, 0.6) is 0 Å². The Kier molecular flexibility index (Phi) is 5.40. The molecule has 0 saturated heterocycles. The van der Waals surface area contributed by atoms with Gasteiger partial charge in [0.25, 0.3) is 0 Å². The number of aromatic nitrogens is 4. The number of aromatic amines is 2. The number of hydrogen-bond donors (Lipinski definition) is 2. The first-order valence-corrected chi connectivity index (χ1v) is 11.5. The molecule has 4 heterocycles. The lowest BCUT2D eigenvalue weighted by Gasteiger charge is -2.04.